The van der Waals surface area contributed by atoms with E-state index in [0.717, 1.165) is 5.25 Å². The molecule has 0 amide bonds. The quantitative estimate of drug-likeness (QED) is 0.840. The number of aryl methyl sites for hydroxylation is 1. The number of hydrogen-bond acceptors (Lipinski definition) is 4. The van der Waals surface area contributed by atoms with E-state index < -0.39 is 5.97 Å². The lowest BCUT2D eigenvalue weighted by Crippen LogP contribution is -2.25. The zero-order valence-corrected chi connectivity index (χ0v) is 12.3. The van der Waals surface area contributed by atoms with Gasteiger partial charge >= 0.3 is 5.97 Å². The minimum absolute atomic E-state index is 0.0580. The predicted octanol–water partition coefficient (Wildman–Crippen LogP) is 3.05. The van der Waals surface area contributed by atoms with Crippen LogP contribution in [-0.4, -0.2) is 28.1 Å². The summed E-state index contributed by atoms with van der Waals surface area (Å²) in [6.45, 7) is 4.58. The van der Waals surface area contributed by atoms with Gasteiger partial charge in [-0.15, -0.1) is 0 Å². The van der Waals surface area contributed by atoms with Crippen molar-refractivity contribution in [2.24, 2.45) is 0 Å². The molecule has 1 fully saturated rings. The summed E-state index contributed by atoms with van der Waals surface area (Å²) in [5, 5.41) is 13.2. The van der Waals surface area contributed by atoms with Gasteiger partial charge in [0.05, 0.1) is 6.54 Å². The fourth-order valence-corrected chi connectivity index (χ4v) is 3.75. The predicted molar refractivity (Wildman–Crippen MR) is 76.8 cm³/mol. The van der Waals surface area contributed by atoms with Gasteiger partial charge in [-0.3, -0.25) is 0 Å². The first-order valence-electron chi connectivity index (χ1n) is 6.77. The second-order valence-electron chi connectivity index (χ2n) is 5.00. The molecule has 2 atom stereocenters. The second kappa shape index (κ2) is 6.48. The van der Waals surface area contributed by atoms with Crippen LogP contribution in [0.3, 0.4) is 0 Å². The highest BCUT2D eigenvalue weighted by Crippen LogP contribution is 2.29. The number of rotatable bonds is 6. The second-order valence-corrected chi connectivity index (χ2v) is 6.58. The molecular weight excluding hydrogens is 262 g/mol. The smallest absolute Gasteiger partial charge is 0.372 e. The first kappa shape index (κ1) is 14.5. The average Bonchev–Trinajstić information content (AvgIpc) is 2.94. The third kappa shape index (κ3) is 3.76. The molecule has 106 valence electrons. The number of carboxylic acid groups (broad SMARTS) is 1. The average molecular weight is 283 g/mol. The van der Waals surface area contributed by atoms with Crippen molar-refractivity contribution >= 4 is 17.7 Å². The van der Waals surface area contributed by atoms with Gasteiger partial charge in [0, 0.05) is 16.9 Å². The van der Waals surface area contributed by atoms with E-state index in [0.29, 0.717) is 23.9 Å². The summed E-state index contributed by atoms with van der Waals surface area (Å²) in [6.07, 6.45) is 3.67. The number of nitrogens with one attached hydrogen (secondary N) is 1. The SMILES string of the molecule is CCSC1CCC(NCc2cc(C)c(C(=O)O)o2)C1. The molecule has 0 radical (unpaired) electrons. The molecule has 5 heteroatoms. The molecule has 0 bridgehead atoms. The van der Waals surface area contributed by atoms with Gasteiger partial charge in [0.1, 0.15) is 5.76 Å². The van der Waals surface area contributed by atoms with Crippen LogP contribution in [-0.2, 0) is 6.54 Å². The molecule has 1 aromatic heterocycles. The molecule has 0 aromatic carbocycles. The Kier molecular flexibility index (Phi) is 4.93. The Morgan fingerprint density at radius 3 is 3.00 bits per heavy atom. The minimum Gasteiger partial charge on any atom is -0.475 e. The van der Waals surface area contributed by atoms with E-state index >= 15 is 0 Å². The number of hydrogen-bond donors (Lipinski definition) is 2. The van der Waals surface area contributed by atoms with Gasteiger partial charge in [-0.1, -0.05) is 6.92 Å². The van der Waals surface area contributed by atoms with Crippen molar-refractivity contribution in [3.63, 3.8) is 0 Å². The summed E-state index contributed by atoms with van der Waals surface area (Å²) < 4.78 is 5.34. The van der Waals surface area contributed by atoms with Gasteiger partial charge in [-0.2, -0.15) is 11.8 Å². The highest BCUT2D eigenvalue weighted by molar-refractivity contribution is 7.99. The first-order chi connectivity index (χ1) is 9.10. The number of carbonyl (C=O) groups is 1. The summed E-state index contributed by atoms with van der Waals surface area (Å²) in [7, 11) is 0. The van der Waals surface area contributed by atoms with E-state index in [1.165, 1.54) is 25.0 Å². The lowest BCUT2D eigenvalue weighted by atomic mass is 10.2. The lowest BCUT2D eigenvalue weighted by Gasteiger charge is -2.11. The van der Waals surface area contributed by atoms with Crippen molar-refractivity contribution in [1.82, 2.24) is 5.32 Å². The van der Waals surface area contributed by atoms with E-state index in [1.807, 2.05) is 17.8 Å². The first-order valence-corrected chi connectivity index (χ1v) is 7.82. The molecule has 1 saturated carbocycles. The fourth-order valence-electron chi connectivity index (χ4n) is 2.61. The number of carboxylic acids is 1. The van der Waals surface area contributed by atoms with Crippen molar-refractivity contribution in [2.45, 2.75) is 50.9 Å². The lowest BCUT2D eigenvalue weighted by molar-refractivity contribution is 0.0659. The van der Waals surface area contributed by atoms with Crippen LogP contribution in [0.15, 0.2) is 10.5 Å². The molecule has 0 spiro atoms. The van der Waals surface area contributed by atoms with Gasteiger partial charge in [0.25, 0.3) is 0 Å². The highest BCUT2D eigenvalue weighted by atomic mass is 32.2. The zero-order valence-electron chi connectivity index (χ0n) is 11.4. The normalized spacial score (nSPS) is 22.8. The molecule has 0 saturated heterocycles. The number of furan rings is 1. The Hall–Kier alpha value is -0.940. The molecule has 19 heavy (non-hydrogen) atoms. The van der Waals surface area contributed by atoms with Crippen LogP contribution in [0.5, 0.6) is 0 Å². The molecule has 1 aromatic rings. The van der Waals surface area contributed by atoms with Gasteiger partial charge in [-0.05, 0) is 38.0 Å². The Labute approximate surface area is 117 Å². The topological polar surface area (TPSA) is 62.5 Å². The van der Waals surface area contributed by atoms with Crippen molar-refractivity contribution in [1.29, 1.82) is 0 Å². The van der Waals surface area contributed by atoms with E-state index in [9.17, 15) is 4.79 Å². The third-order valence-electron chi connectivity index (χ3n) is 3.51. The maximum atomic E-state index is 10.9. The van der Waals surface area contributed by atoms with Crippen molar-refractivity contribution in [3.8, 4) is 0 Å². The largest absolute Gasteiger partial charge is 0.475 e. The molecule has 2 rings (SSSR count). The van der Waals surface area contributed by atoms with Crippen LogP contribution < -0.4 is 5.32 Å². The fraction of sp³-hybridized carbons (Fsp3) is 0.643. The number of thioether (sulfide) groups is 1. The Morgan fingerprint density at radius 2 is 2.37 bits per heavy atom. The van der Waals surface area contributed by atoms with Crippen LogP contribution in [0.4, 0.5) is 0 Å². The van der Waals surface area contributed by atoms with Gasteiger partial charge in [0.2, 0.25) is 5.76 Å². The molecule has 4 nitrogen and oxygen atoms in total. The summed E-state index contributed by atoms with van der Waals surface area (Å²) in [5.41, 5.74) is 0.690. The minimum atomic E-state index is -0.996. The van der Waals surface area contributed by atoms with E-state index in [4.69, 9.17) is 9.52 Å². The molecular formula is C14H21NO3S. The molecule has 2 unspecified atom stereocenters. The summed E-state index contributed by atoms with van der Waals surface area (Å²) >= 11 is 2.03. The van der Waals surface area contributed by atoms with Crippen molar-refractivity contribution in [2.75, 3.05) is 5.75 Å². The monoisotopic (exact) mass is 283 g/mol. The van der Waals surface area contributed by atoms with Crippen LogP contribution >= 0.6 is 11.8 Å². The number of aromatic carboxylic acids is 1. The van der Waals surface area contributed by atoms with Gasteiger partial charge in [0.15, 0.2) is 0 Å². The Bertz CT molecular complexity index is 444. The van der Waals surface area contributed by atoms with Crippen LogP contribution in [0.1, 0.15) is 48.1 Å². The summed E-state index contributed by atoms with van der Waals surface area (Å²) in [6, 6.07) is 2.34. The highest BCUT2D eigenvalue weighted by Gasteiger charge is 2.24. The van der Waals surface area contributed by atoms with Gasteiger partial charge < -0.3 is 14.8 Å². The summed E-state index contributed by atoms with van der Waals surface area (Å²) in [5.74, 6) is 0.949. The Balaban J connectivity index is 1.83. The van der Waals surface area contributed by atoms with E-state index in [-0.39, 0.29) is 5.76 Å². The Morgan fingerprint density at radius 1 is 1.58 bits per heavy atom. The van der Waals surface area contributed by atoms with E-state index in [1.54, 1.807) is 6.92 Å². The standard InChI is InChI=1S/C14H21NO3S/c1-3-19-12-5-4-10(7-12)15-8-11-6-9(2)13(18-11)14(16)17/h6,10,12,15H,3-5,7-8H2,1-2H3,(H,16,17). The maximum absolute atomic E-state index is 10.9. The zero-order chi connectivity index (χ0) is 13.8. The van der Waals surface area contributed by atoms with Crippen molar-refractivity contribution < 1.29 is 14.3 Å². The third-order valence-corrected chi connectivity index (χ3v) is 4.75. The van der Waals surface area contributed by atoms with Crippen LogP contribution in [0, 0.1) is 6.92 Å². The molecule has 1 aliphatic carbocycles. The maximum Gasteiger partial charge on any atom is 0.372 e. The molecule has 0 aliphatic heterocycles. The molecule has 1 heterocycles. The summed E-state index contributed by atoms with van der Waals surface area (Å²) in [4.78, 5) is 10.9. The van der Waals surface area contributed by atoms with Crippen LogP contribution in [0.2, 0.25) is 0 Å². The molecule has 1 aliphatic rings. The van der Waals surface area contributed by atoms with E-state index in [2.05, 4.69) is 12.2 Å². The van der Waals surface area contributed by atoms with Gasteiger partial charge in [-0.25, -0.2) is 4.79 Å². The van der Waals surface area contributed by atoms with Crippen molar-refractivity contribution in [3.05, 3.63) is 23.2 Å². The molecule has 2 N–H and O–H groups in total. The van der Waals surface area contributed by atoms with Crippen LogP contribution in [0.25, 0.3) is 0 Å².